The number of unbranched alkanes of at least 4 members (excludes halogenated alkanes) is 35. The zero-order valence-corrected chi connectivity index (χ0v) is 40.6. The largest absolute Gasteiger partial charge is 0.462 e. The van der Waals surface area contributed by atoms with Crippen molar-refractivity contribution in [3.63, 3.8) is 0 Å². The second-order valence-corrected chi connectivity index (χ2v) is 18.6. The van der Waals surface area contributed by atoms with Gasteiger partial charge in [-0.05, 0) is 51.4 Å². The van der Waals surface area contributed by atoms with Gasteiger partial charge in [0.2, 0.25) is 5.91 Å². The van der Waals surface area contributed by atoms with E-state index in [1.807, 2.05) is 0 Å². The van der Waals surface area contributed by atoms with E-state index < -0.39 is 18.2 Å². The number of carbonyl (C=O) groups excluding carboxylic acids is 2. The Bertz CT molecular complexity index is 909. The Kier molecular flexibility index (Phi) is 47.5. The summed E-state index contributed by atoms with van der Waals surface area (Å²) in [5.74, 6) is -0.473. The highest BCUT2D eigenvalue weighted by Crippen LogP contribution is 2.18. The molecule has 0 aliphatic rings. The van der Waals surface area contributed by atoms with Crippen molar-refractivity contribution in [2.24, 2.45) is 0 Å². The van der Waals surface area contributed by atoms with Crippen molar-refractivity contribution in [2.45, 2.75) is 315 Å². The van der Waals surface area contributed by atoms with Crippen LogP contribution in [0.4, 0.5) is 0 Å². The van der Waals surface area contributed by atoms with E-state index in [1.54, 1.807) is 0 Å². The highest BCUT2D eigenvalue weighted by Gasteiger charge is 2.24. The fraction of sp³-hybridized carbons (Fsp3) is 0.926. The predicted octanol–water partition coefficient (Wildman–Crippen LogP) is 16.1. The van der Waals surface area contributed by atoms with E-state index in [9.17, 15) is 19.8 Å². The molecule has 6 heteroatoms. The normalized spacial score (nSPS) is 13.2. The first-order chi connectivity index (χ1) is 29.5. The Hall–Kier alpha value is -1.40. The molecule has 0 aliphatic heterocycles. The minimum absolute atomic E-state index is 0.0790. The molecule has 0 aliphatic carbocycles. The number of aliphatic hydroxyl groups excluding tert-OH is 2. The Morgan fingerprint density at radius 2 is 0.800 bits per heavy atom. The summed E-state index contributed by atoms with van der Waals surface area (Å²) in [4.78, 5) is 26.2. The molecule has 60 heavy (non-hydrogen) atoms. The van der Waals surface area contributed by atoms with Crippen LogP contribution >= 0.6 is 0 Å². The maximum atomic E-state index is 13.2. The van der Waals surface area contributed by atoms with E-state index >= 15 is 0 Å². The third-order valence-corrected chi connectivity index (χ3v) is 12.6. The minimum atomic E-state index is -0.784. The second-order valence-electron chi connectivity index (χ2n) is 18.6. The number of allylic oxidation sites excluding steroid dienone is 2. The Balaban J connectivity index is 4.55. The maximum Gasteiger partial charge on any atom is 0.306 e. The lowest BCUT2D eigenvalue weighted by Crippen LogP contribution is -2.46. The van der Waals surface area contributed by atoms with Crippen LogP contribution in [0.25, 0.3) is 0 Å². The first-order valence-corrected chi connectivity index (χ1v) is 26.9. The van der Waals surface area contributed by atoms with Crippen molar-refractivity contribution in [1.82, 2.24) is 5.32 Å². The average Bonchev–Trinajstić information content (AvgIpc) is 3.24. The molecule has 0 radical (unpaired) electrons. The van der Waals surface area contributed by atoms with Crippen molar-refractivity contribution in [2.75, 3.05) is 6.61 Å². The Morgan fingerprint density at radius 3 is 1.18 bits per heavy atom. The molecule has 0 spiro atoms. The molecule has 3 N–H and O–H groups in total. The van der Waals surface area contributed by atoms with Crippen molar-refractivity contribution >= 4 is 11.9 Å². The lowest BCUT2D eigenvalue weighted by Gasteiger charge is -2.24. The van der Waals surface area contributed by atoms with Crippen LogP contribution in [-0.4, -0.2) is 46.9 Å². The molecule has 0 rings (SSSR count). The molecule has 356 valence electrons. The number of nitrogens with one attached hydrogen (secondary N) is 1. The minimum Gasteiger partial charge on any atom is -0.462 e. The highest BCUT2D eigenvalue weighted by atomic mass is 16.5. The average molecular weight is 848 g/mol. The number of aliphatic hydroxyl groups is 2. The number of hydrogen-bond acceptors (Lipinski definition) is 5. The summed E-state index contributed by atoms with van der Waals surface area (Å²) in [6, 6.07) is -0.697. The van der Waals surface area contributed by atoms with Gasteiger partial charge in [-0.3, -0.25) is 9.59 Å². The number of esters is 1. The van der Waals surface area contributed by atoms with E-state index in [0.717, 1.165) is 51.4 Å². The van der Waals surface area contributed by atoms with Gasteiger partial charge < -0.3 is 20.3 Å². The molecule has 0 aromatic heterocycles. The second kappa shape index (κ2) is 48.6. The first-order valence-electron chi connectivity index (χ1n) is 26.9. The summed E-state index contributed by atoms with van der Waals surface area (Å²) in [5.41, 5.74) is 0. The lowest BCUT2D eigenvalue weighted by molar-refractivity contribution is -0.151. The van der Waals surface area contributed by atoms with Gasteiger partial charge >= 0.3 is 5.97 Å². The van der Waals surface area contributed by atoms with Crippen molar-refractivity contribution in [3.8, 4) is 0 Å². The van der Waals surface area contributed by atoms with Gasteiger partial charge in [0.1, 0.15) is 6.10 Å². The Morgan fingerprint density at radius 1 is 0.467 bits per heavy atom. The number of amides is 1. The van der Waals surface area contributed by atoms with Gasteiger partial charge in [0.15, 0.2) is 0 Å². The topological polar surface area (TPSA) is 95.9 Å². The van der Waals surface area contributed by atoms with Gasteiger partial charge in [-0.25, -0.2) is 0 Å². The molecule has 6 nitrogen and oxygen atoms in total. The Labute approximate surface area is 374 Å². The van der Waals surface area contributed by atoms with E-state index in [-0.39, 0.29) is 24.9 Å². The zero-order valence-electron chi connectivity index (χ0n) is 40.6. The quantitative estimate of drug-likeness (QED) is 0.0322. The van der Waals surface area contributed by atoms with Crippen molar-refractivity contribution in [1.29, 1.82) is 0 Å². The molecule has 0 aromatic rings. The van der Waals surface area contributed by atoms with Crippen LogP contribution in [0, 0.1) is 0 Å². The van der Waals surface area contributed by atoms with Crippen LogP contribution in [0.2, 0.25) is 0 Å². The molecule has 3 unspecified atom stereocenters. The van der Waals surface area contributed by atoms with Gasteiger partial charge in [0.25, 0.3) is 0 Å². The monoisotopic (exact) mass is 848 g/mol. The third kappa shape index (κ3) is 43.3. The summed E-state index contributed by atoms with van der Waals surface area (Å²) in [6.45, 7) is 6.50. The standard InChI is InChI=1S/C54H105NO5/c1-4-7-10-13-16-19-22-25-28-30-33-36-39-42-45-50(60-54(59)47-44-41-38-35-32-29-26-23-20-17-14-11-8-5-2)48-53(58)55-51(49-56)52(57)46-43-40-37-34-31-27-24-21-18-15-12-9-6-3/h29,32,50-52,56-57H,4-28,30-31,33-49H2,1-3H3,(H,55,58)/b32-29-. The van der Waals surface area contributed by atoms with Gasteiger partial charge in [-0.2, -0.15) is 0 Å². The predicted molar refractivity (Wildman–Crippen MR) is 260 cm³/mol. The molecular weight excluding hydrogens is 743 g/mol. The lowest BCUT2D eigenvalue weighted by atomic mass is 10.0. The maximum absolute atomic E-state index is 13.2. The molecule has 0 heterocycles. The molecule has 1 amide bonds. The SMILES string of the molecule is CCCCCCCCC/C=C\CCCCCC(=O)OC(CCCCCCCCCCCCCCCC)CC(=O)NC(CO)C(O)CCCCCCCCCCCCCCC. The van der Waals surface area contributed by atoms with E-state index in [0.29, 0.717) is 19.3 Å². The molecule has 0 saturated heterocycles. The fourth-order valence-corrected chi connectivity index (χ4v) is 8.49. The van der Waals surface area contributed by atoms with Crippen LogP contribution in [0.15, 0.2) is 12.2 Å². The van der Waals surface area contributed by atoms with Gasteiger partial charge in [-0.1, -0.05) is 245 Å². The molecule has 0 bridgehead atoms. The molecule has 0 aromatic carbocycles. The fourth-order valence-electron chi connectivity index (χ4n) is 8.49. The molecule has 0 fully saturated rings. The summed E-state index contributed by atoms with van der Waals surface area (Å²) in [5, 5.41) is 23.8. The van der Waals surface area contributed by atoms with Crippen LogP contribution in [0.1, 0.15) is 297 Å². The van der Waals surface area contributed by atoms with Crippen molar-refractivity contribution in [3.05, 3.63) is 12.2 Å². The van der Waals surface area contributed by atoms with Crippen molar-refractivity contribution < 1.29 is 24.5 Å². The molecule has 3 atom stereocenters. The number of hydrogen-bond donors (Lipinski definition) is 3. The smallest absolute Gasteiger partial charge is 0.306 e. The van der Waals surface area contributed by atoms with Gasteiger partial charge in [-0.15, -0.1) is 0 Å². The van der Waals surface area contributed by atoms with E-state index in [1.165, 1.54) is 199 Å². The van der Waals surface area contributed by atoms with Crippen LogP contribution in [0.5, 0.6) is 0 Å². The van der Waals surface area contributed by atoms with E-state index in [4.69, 9.17) is 4.74 Å². The third-order valence-electron chi connectivity index (χ3n) is 12.6. The highest BCUT2D eigenvalue weighted by molar-refractivity contribution is 5.77. The molecular formula is C54H105NO5. The summed E-state index contributed by atoms with van der Waals surface area (Å²) >= 11 is 0. The van der Waals surface area contributed by atoms with Gasteiger partial charge in [0, 0.05) is 6.42 Å². The summed E-state index contributed by atoms with van der Waals surface area (Å²) < 4.78 is 5.94. The van der Waals surface area contributed by atoms with E-state index in [2.05, 4.69) is 38.2 Å². The van der Waals surface area contributed by atoms with Crippen LogP contribution < -0.4 is 5.32 Å². The first kappa shape index (κ1) is 58.6. The van der Waals surface area contributed by atoms with Crippen LogP contribution in [0.3, 0.4) is 0 Å². The van der Waals surface area contributed by atoms with Crippen LogP contribution in [-0.2, 0) is 14.3 Å². The molecule has 0 saturated carbocycles. The summed E-state index contributed by atoms with van der Waals surface area (Å²) in [6.07, 6.45) is 54.1. The number of ether oxygens (including phenoxy) is 1. The zero-order chi connectivity index (χ0) is 43.8. The number of rotatable bonds is 49. The summed E-state index contributed by atoms with van der Waals surface area (Å²) in [7, 11) is 0. The number of carbonyl (C=O) groups is 2. The van der Waals surface area contributed by atoms with Gasteiger partial charge in [0.05, 0.1) is 25.2 Å².